The maximum Gasteiger partial charge on any atom is 0.336 e. The SMILES string of the molecule is CC(=O)CC1(C)C=C(c2cccc(Cl)c2)C(C(=O)O)=CC1C(=O)O. The Hall–Kier alpha value is -2.40. The third-order valence-electron chi connectivity index (χ3n) is 4.07. The third kappa shape index (κ3) is 3.57. The molecule has 0 aromatic heterocycles. The van der Waals surface area contributed by atoms with Gasteiger partial charge in [-0.2, -0.15) is 0 Å². The van der Waals surface area contributed by atoms with Gasteiger partial charge in [0.15, 0.2) is 0 Å². The molecule has 1 aromatic carbocycles. The van der Waals surface area contributed by atoms with Gasteiger partial charge in [0.1, 0.15) is 5.78 Å². The zero-order valence-electron chi connectivity index (χ0n) is 13.2. The standard InChI is InChI=1S/C18H17ClO5/c1-10(20)8-18(2)9-14(11-4-3-5-12(19)6-11)13(16(21)22)7-15(18)17(23)24/h3-7,9,15H,8H2,1-2H3,(H,21,22)(H,23,24). The number of benzene rings is 1. The average molecular weight is 349 g/mol. The summed E-state index contributed by atoms with van der Waals surface area (Å²) in [7, 11) is 0. The fraction of sp³-hybridized carbons (Fsp3) is 0.278. The lowest BCUT2D eigenvalue weighted by atomic mass is 9.67. The smallest absolute Gasteiger partial charge is 0.336 e. The van der Waals surface area contributed by atoms with Gasteiger partial charge < -0.3 is 10.2 Å². The number of carbonyl (C=O) groups excluding carboxylic acids is 1. The van der Waals surface area contributed by atoms with Gasteiger partial charge >= 0.3 is 11.9 Å². The molecule has 1 aliphatic rings. The molecule has 5 nitrogen and oxygen atoms in total. The van der Waals surface area contributed by atoms with Crippen molar-refractivity contribution in [3.63, 3.8) is 0 Å². The summed E-state index contributed by atoms with van der Waals surface area (Å²) in [6.45, 7) is 3.03. The largest absolute Gasteiger partial charge is 0.481 e. The van der Waals surface area contributed by atoms with Crippen molar-refractivity contribution in [3.8, 4) is 0 Å². The lowest BCUT2D eigenvalue weighted by Crippen LogP contribution is -2.35. The summed E-state index contributed by atoms with van der Waals surface area (Å²) in [5.41, 5.74) is -0.194. The molecule has 6 heteroatoms. The Kier molecular flexibility index (Phi) is 4.94. The van der Waals surface area contributed by atoms with E-state index in [1.54, 1.807) is 37.3 Å². The number of carboxylic acids is 2. The summed E-state index contributed by atoms with van der Waals surface area (Å²) in [5.74, 6) is -3.66. The van der Waals surface area contributed by atoms with Crippen LogP contribution in [0.15, 0.2) is 42.0 Å². The second-order valence-corrected chi connectivity index (χ2v) is 6.59. The Balaban J connectivity index is 2.66. The summed E-state index contributed by atoms with van der Waals surface area (Å²) in [6, 6.07) is 6.65. The molecule has 1 aliphatic carbocycles. The van der Waals surface area contributed by atoms with Crippen LogP contribution in [0, 0.1) is 11.3 Å². The number of hydrogen-bond donors (Lipinski definition) is 2. The minimum Gasteiger partial charge on any atom is -0.481 e. The molecule has 1 aromatic rings. The molecule has 0 amide bonds. The molecule has 2 N–H and O–H groups in total. The van der Waals surface area contributed by atoms with E-state index >= 15 is 0 Å². The zero-order chi connectivity index (χ0) is 18.1. The summed E-state index contributed by atoms with van der Waals surface area (Å²) in [4.78, 5) is 34.9. The van der Waals surface area contributed by atoms with Crippen LogP contribution in [0.25, 0.3) is 5.57 Å². The predicted molar refractivity (Wildman–Crippen MR) is 89.7 cm³/mol. The monoisotopic (exact) mass is 348 g/mol. The number of rotatable bonds is 5. The quantitative estimate of drug-likeness (QED) is 0.850. The number of aliphatic carboxylic acids is 2. The molecule has 0 spiro atoms. The van der Waals surface area contributed by atoms with E-state index in [1.807, 2.05) is 0 Å². The van der Waals surface area contributed by atoms with Gasteiger partial charge in [-0.3, -0.25) is 9.59 Å². The molecule has 0 saturated carbocycles. The maximum atomic E-state index is 11.6. The number of allylic oxidation sites excluding steroid dienone is 1. The van der Waals surface area contributed by atoms with Crippen molar-refractivity contribution < 1.29 is 24.6 Å². The molecule has 2 unspecified atom stereocenters. The highest BCUT2D eigenvalue weighted by Crippen LogP contribution is 2.44. The zero-order valence-corrected chi connectivity index (χ0v) is 14.0. The van der Waals surface area contributed by atoms with E-state index < -0.39 is 23.3 Å². The van der Waals surface area contributed by atoms with E-state index in [4.69, 9.17) is 11.6 Å². The number of ketones is 1. The normalized spacial score (nSPS) is 23.2. The molecule has 0 heterocycles. The fourth-order valence-corrected chi connectivity index (χ4v) is 3.27. The van der Waals surface area contributed by atoms with Gasteiger partial charge in [-0.05, 0) is 30.2 Å². The average Bonchev–Trinajstić information content (AvgIpc) is 2.44. The molecular formula is C18H17ClO5. The molecular weight excluding hydrogens is 332 g/mol. The molecule has 0 saturated heterocycles. The van der Waals surface area contributed by atoms with Gasteiger partial charge in [0, 0.05) is 16.9 Å². The Morgan fingerprint density at radius 3 is 2.42 bits per heavy atom. The van der Waals surface area contributed by atoms with Gasteiger partial charge in [-0.1, -0.05) is 42.8 Å². The van der Waals surface area contributed by atoms with Crippen LogP contribution in [0.2, 0.25) is 5.02 Å². The first-order valence-corrected chi connectivity index (χ1v) is 7.68. The van der Waals surface area contributed by atoms with Crippen LogP contribution < -0.4 is 0 Å². The second kappa shape index (κ2) is 6.61. The van der Waals surface area contributed by atoms with Gasteiger partial charge in [0.05, 0.1) is 11.5 Å². The van der Waals surface area contributed by atoms with Crippen molar-refractivity contribution in [2.75, 3.05) is 0 Å². The Labute approximate surface area is 144 Å². The molecule has 2 rings (SSSR count). The number of Topliss-reactive ketones (excluding diaryl/α,β-unsaturated/α-hetero) is 1. The minimum absolute atomic E-state index is 0.00255. The van der Waals surface area contributed by atoms with Gasteiger partial charge in [0.2, 0.25) is 0 Å². The predicted octanol–water partition coefficient (Wildman–Crippen LogP) is 3.43. The van der Waals surface area contributed by atoms with Gasteiger partial charge in [-0.15, -0.1) is 0 Å². The Morgan fingerprint density at radius 1 is 1.25 bits per heavy atom. The number of carboxylic acid groups (broad SMARTS) is 2. The van der Waals surface area contributed by atoms with E-state index in [2.05, 4.69) is 0 Å². The van der Waals surface area contributed by atoms with Crippen molar-refractivity contribution in [1.82, 2.24) is 0 Å². The molecule has 24 heavy (non-hydrogen) atoms. The van der Waals surface area contributed by atoms with Crippen molar-refractivity contribution in [2.24, 2.45) is 11.3 Å². The van der Waals surface area contributed by atoms with Crippen molar-refractivity contribution in [1.29, 1.82) is 0 Å². The molecule has 2 atom stereocenters. The first-order valence-electron chi connectivity index (χ1n) is 7.30. The summed E-state index contributed by atoms with van der Waals surface area (Å²) in [5, 5.41) is 19.4. The van der Waals surface area contributed by atoms with E-state index in [0.29, 0.717) is 16.2 Å². The summed E-state index contributed by atoms with van der Waals surface area (Å²) in [6.07, 6.45) is 2.78. The molecule has 126 valence electrons. The first-order chi connectivity index (χ1) is 11.1. The Bertz CT molecular complexity index is 777. The van der Waals surface area contributed by atoms with Crippen molar-refractivity contribution in [3.05, 3.63) is 52.6 Å². The fourth-order valence-electron chi connectivity index (χ4n) is 3.08. The maximum absolute atomic E-state index is 11.6. The topological polar surface area (TPSA) is 91.7 Å². The highest BCUT2D eigenvalue weighted by molar-refractivity contribution is 6.30. The number of carbonyl (C=O) groups is 3. The van der Waals surface area contributed by atoms with E-state index in [1.165, 1.54) is 13.0 Å². The number of hydrogen-bond acceptors (Lipinski definition) is 3. The van der Waals surface area contributed by atoms with E-state index in [-0.39, 0.29) is 17.8 Å². The highest BCUT2D eigenvalue weighted by Gasteiger charge is 2.42. The highest BCUT2D eigenvalue weighted by atomic mass is 35.5. The first kappa shape index (κ1) is 17.9. The van der Waals surface area contributed by atoms with Crippen LogP contribution >= 0.6 is 11.6 Å². The van der Waals surface area contributed by atoms with Crippen LogP contribution in [-0.2, 0) is 14.4 Å². The lowest BCUT2D eigenvalue weighted by Gasteiger charge is -2.35. The third-order valence-corrected chi connectivity index (χ3v) is 4.31. The van der Waals surface area contributed by atoms with Crippen LogP contribution in [0.1, 0.15) is 25.8 Å². The van der Waals surface area contributed by atoms with E-state index in [0.717, 1.165) is 0 Å². The van der Waals surface area contributed by atoms with Crippen LogP contribution in [-0.4, -0.2) is 27.9 Å². The molecule has 0 aliphatic heterocycles. The lowest BCUT2D eigenvalue weighted by molar-refractivity contribution is -0.143. The molecule has 0 bridgehead atoms. The van der Waals surface area contributed by atoms with Gasteiger partial charge in [0.25, 0.3) is 0 Å². The molecule has 0 fully saturated rings. The van der Waals surface area contributed by atoms with Gasteiger partial charge in [-0.25, -0.2) is 4.79 Å². The Morgan fingerprint density at radius 2 is 1.92 bits per heavy atom. The van der Waals surface area contributed by atoms with Crippen molar-refractivity contribution >= 4 is 34.9 Å². The van der Waals surface area contributed by atoms with E-state index in [9.17, 15) is 24.6 Å². The summed E-state index contributed by atoms with van der Waals surface area (Å²) < 4.78 is 0. The summed E-state index contributed by atoms with van der Waals surface area (Å²) >= 11 is 5.98. The molecule has 0 radical (unpaired) electrons. The van der Waals surface area contributed by atoms with Crippen LogP contribution in [0.5, 0.6) is 0 Å². The minimum atomic E-state index is -1.22. The number of halogens is 1. The second-order valence-electron chi connectivity index (χ2n) is 6.15. The van der Waals surface area contributed by atoms with Crippen molar-refractivity contribution in [2.45, 2.75) is 20.3 Å². The van der Waals surface area contributed by atoms with Crippen LogP contribution in [0.4, 0.5) is 0 Å². The van der Waals surface area contributed by atoms with Crippen LogP contribution in [0.3, 0.4) is 0 Å².